The average molecular weight is 362 g/mol. The summed E-state index contributed by atoms with van der Waals surface area (Å²) < 4.78 is 1.93. The van der Waals surface area contributed by atoms with Crippen LogP contribution in [0.4, 0.5) is 5.13 Å². The van der Waals surface area contributed by atoms with E-state index in [0.29, 0.717) is 49.0 Å². The summed E-state index contributed by atoms with van der Waals surface area (Å²) in [5.74, 6) is 0.774. The zero-order chi connectivity index (χ0) is 18.1. The van der Waals surface area contributed by atoms with Crippen LogP contribution in [0.15, 0.2) is 5.38 Å². The van der Waals surface area contributed by atoms with Gasteiger partial charge in [0.05, 0.1) is 17.9 Å². The Morgan fingerprint density at radius 3 is 2.72 bits per heavy atom. The number of amides is 2. The van der Waals surface area contributed by atoms with Crippen LogP contribution in [-0.2, 0) is 24.3 Å². The van der Waals surface area contributed by atoms with Crippen molar-refractivity contribution in [3.05, 3.63) is 28.3 Å². The second-order valence-corrected chi connectivity index (χ2v) is 7.20. The molecule has 3 heterocycles. The van der Waals surface area contributed by atoms with Crippen LogP contribution in [0.3, 0.4) is 0 Å². The van der Waals surface area contributed by atoms with E-state index in [1.54, 1.807) is 23.9 Å². The topological polar surface area (TPSA) is 97.4 Å². The Labute approximate surface area is 150 Å². The zero-order valence-corrected chi connectivity index (χ0v) is 15.5. The number of hydrogen-bond donors (Lipinski definition) is 1. The number of carbonyl (C=O) groups is 2. The van der Waals surface area contributed by atoms with Gasteiger partial charge in [0.25, 0.3) is 5.91 Å². The van der Waals surface area contributed by atoms with E-state index in [4.69, 9.17) is 5.73 Å². The van der Waals surface area contributed by atoms with Gasteiger partial charge in [-0.05, 0) is 13.3 Å². The van der Waals surface area contributed by atoms with Crippen LogP contribution in [0.2, 0.25) is 0 Å². The maximum absolute atomic E-state index is 12.5. The average Bonchev–Trinajstić information content (AvgIpc) is 3.13. The van der Waals surface area contributed by atoms with Crippen LogP contribution in [0.25, 0.3) is 0 Å². The smallest absolute Gasteiger partial charge is 0.271 e. The molecule has 0 spiro atoms. The first-order valence-electron chi connectivity index (χ1n) is 8.12. The molecule has 134 valence electrons. The van der Waals surface area contributed by atoms with Crippen molar-refractivity contribution < 1.29 is 9.59 Å². The number of nitrogens with two attached hydrogens (primary N) is 1. The summed E-state index contributed by atoms with van der Waals surface area (Å²) in [4.78, 5) is 36.9. The summed E-state index contributed by atoms with van der Waals surface area (Å²) >= 11 is 1.38. The Hall–Kier alpha value is -2.42. The van der Waals surface area contributed by atoms with Gasteiger partial charge < -0.3 is 20.1 Å². The number of carbonyl (C=O) groups excluding carboxylic acids is 2. The number of nitrogen functional groups attached to an aromatic ring is 1. The summed E-state index contributed by atoms with van der Waals surface area (Å²) in [6, 6.07) is 0. The summed E-state index contributed by atoms with van der Waals surface area (Å²) in [5, 5.41) is 2.41. The maximum Gasteiger partial charge on any atom is 0.271 e. The van der Waals surface area contributed by atoms with Gasteiger partial charge in [-0.3, -0.25) is 9.59 Å². The predicted molar refractivity (Wildman–Crippen MR) is 95.2 cm³/mol. The van der Waals surface area contributed by atoms with E-state index in [2.05, 4.69) is 9.97 Å². The standard InChI is InChI=1S/C16H22N6O2S/c1-10-14(15(24)20(2)3)22-7-6-21(8-12(22)18-10)13(23)5-4-11-9-25-16(17)19-11/h9H,4-8H2,1-3H3,(H2,17,19). The molecule has 0 atom stereocenters. The van der Waals surface area contributed by atoms with Crippen molar-refractivity contribution in [2.24, 2.45) is 0 Å². The van der Waals surface area contributed by atoms with Gasteiger partial charge in [0, 0.05) is 39.0 Å². The molecule has 0 aromatic carbocycles. The van der Waals surface area contributed by atoms with Gasteiger partial charge >= 0.3 is 0 Å². The summed E-state index contributed by atoms with van der Waals surface area (Å²) in [5.41, 5.74) is 7.79. The largest absolute Gasteiger partial charge is 0.375 e. The lowest BCUT2D eigenvalue weighted by Crippen LogP contribution is -2.39. The Bertz CT molecular complexity index is 810. The number of aryl methyl sites for hydroxylation is 2. The molecule has 0 fully saturated rings. The van der Waals surface area contributed by atoms with Crippen molar-refractivity contribution in [1.29, 1.82) is 0 Å². The first-order chi connectivity index (χ1) is 11.9. The van der Waals surface area contributed by atoms with Crippen molar-refractivity contribution in [2.75, 3.05) is 26.4 Å². The maximum atomic E-state index is 12.5. The Balaban J connectivity index is 1.68. The van der Waals surface area contributed by atoms with Crippen LogP contribution in [-0.4, -0.2) is 56.8 Å². The normalized spacial score (nSPS) is 13.6. The van der Waals surface area contributed by atoms with Gasteiger partial charge in [-0.15, -0.1) is 11.3 Å². The zero-order valence-electron chi connectivity index (χ0n) is 14.7. The van der Waals surface area contributed by atoms with E-state index in [-0.39, 0.29) is 11.8 Å². The van der Waals surface area contributed by atoms with Crippen molar-refractivity contribution in [3.63, 3.8) is 0 Å². The number of imidazole rings is 1. The highest BCUT2D eigenvalue weighted by molar-refractivity contribution is 7.13. The lowest BCUT2D eigenvalue weighted by molar-refractivity contribution is -0.132. The first kappa shape index (κ1) is 17.4. The van der Waals surface area contributed by atoms with Gasteiger partial charge in [0.2, 0.25) is 5.91 Å². The summed E-state index contributed by atoms with van der Waals surface area (Å²) in [6.45, 7) is 3.43. The molecule has 2 aromatic heterocycles. The first-order valence-corrected chi connectivity index (χ1v) is 9.00. The second-order valence-electron chi connectivity index (χ2n) is 6.31. The third-order valence-electron chi connectivity index (χ3n) is 4.27. The van der Waals surface area contributed by atoms with Gasteiger partial charge in [0.15, 0.2) is 5.13 Å². The minimum Gasteiger partial charge on any atom is -0.375 e. The van der Waals surface area contributed by atoms with Crippen molar-refractivity contribution in [3.8, 4) is 0 Å². The predicted octanol–water partition coefficient (Wildman–Crippen LogP) is 0.907. The number of aromatic nitrogens is 3. The van der Waals surface area contributed by atoms with E-state index < -0.39 is 0 Å². The molecule has 25 heavy (non-hydrogen) atoms. The molecule has 1 aliphatic rings. The quantitative estimate of drug-likeness (QED) is 0.872. The molecule has 8 nitrogen and oxygen atoms in total. The highest BCUT2D eigenvalue weighted by atomic mass is 32.1. The van der Waals surface area contributed by atoms with Gasteiger partial charge in [-0.2, -0.15) is 0 Å². The van der Waals surface area contributed by atoms with Crippen LogP contribution in [0.5, 0.6) is 0 Å². The molecule has 0 unspecified atom stereocenters. The lowest BCUT2D eigenvalue weighted by Gasteiger charge is -2.28. The van der Waals surface area contributed by atoms with E-state index in [1.165, 1.54) is 11.3 Å². The molecule has 2 aromatic rings. The van der Waals surface area contributed by atoms with Crippen LogP contribution < -0.4 is 5.73 Å². The van der Waals surface area contributed by atoms with Gasteiger partial charge in [-0.25, -0.2) is 9.97 Å². The SMILES string of the molecule is Cc1nc2n(c1C(=O)N(C)C)CCN(C(=O)CCc1csc(N)n1)C2. The molecule has 0 saturated carbocycles. The monoisotopic (exact) mass is 362 g/mol. The van der Waals surface area contributed by atoms with Crippen LogP contribution in [0.1, 0.15) is 34.1 Å². The number of fused-ring (bicyclic) bond motifs is 1. The van der Waals surface area contributed by atoms with E-state index in [1.807, 2.05) is 16.9 Å². The van der Waals surface area contributed by atoms with Crippen molar-refractivity contribution in [1.82, 2.24) is 24.3 Å². The highest BCUT2D eigenvalue weighted by Gasteiger charge is 2.28. The highest BCUT2D eigenvalue weighted by Crippen LogP contribution is 2.20. The Morgan fingerprint density at radius 2 is 2.08 bits per heavy atom. The third-order valence-corrected chi connectivity index (χ3v) is 5.00. The van der Waals surface area contributed by atoms with Crippen molar-refractivity contribution in [2.45, 2.75) is 32.9 Å². The van der Waals surface area contributed by atoms with Crippen LogP contribution in [0, 0.1) is 6.92 Å². The van der Waals surface area contributed by atoms with E-state index in [9.17, 15) is 9.59 Å². The van der Waals surface area contributed by atoms with Gasteiger partial charge in [0.1, 0.15) is 11.5 Å². The molecule has 1 aliphatic heterocycles. The Kier molecular flexibility index (Phi) is 4.76. The lowest BCUT2D eigenvalue weighted by atomic mass is 10.2. The molecular weight excluding hydrogens is 340 g/mol. The van der Waals surface area contributed by atoms with Crippen molar-refractivity contribution >= 4 is 28.3 Å². The number of anilines is 1. The molecule has 0 saturated heterocycles. The molecule has 0 aliphatic carbocycles. The summed E-state index contributed by atoms with van der Waals surface area (Å²) in [7, 11) is 3.46. The number of rotatable bonds is 4. The fourth-order valence-corrected chi connectivity index (χ4v) is 3.59. The van der Waals surface area contributed by atoms with Gasteiger partial charge in [-0.1, -0.05) is 0 Å². The minimum atomic E-state index is -0.0582. The van der Waals surface area contributed by atoms with E-state index >= 15 is 0 Å². The van der Waals surface area contributed by atoms with E-state index in [0.717, 1.165) is 11.5 Å². The van der Waals surface area contributed by atoms with Crippen LogP contribution >= 0.6 is 11.3 Å². The number of nitrogens with zero attached hydrogens (tertiary/aromatic N) is 5. The molecule has 3 rings (SSSR count). The summed E-state index contributed by atoms with van der Waals surface area (Å²) in [6.07, 6.45) is 0.979. The Morgan fingerprint density at radius 1 is 1.32 bits per heavy atom. The third kappa shape index (κ3) is 3.51. The molecule has 2 N–H and O–H groups in total. The molecule has 0 radical (unpaired) electrons. The molecule has 2 amide bonds. The number of hydrogen-bond acceptors (Lipinski definition) is 6. The minimum absolute atomic E-state index is 0.0582. The molecule has 9 heteroatoms. The fourth-order valence-electron chi connectivity index (χ4n) is 2.99. The fraction of sp³-hybridized carbons (Fsp3) is 0.500. The molecular formula is C16H22N6O2S. The number of thiazole rings is 1. The molecule has 0 bridgehead atoms. The second kappa shape index (κ2) is 6.83.